The summed E-state index contributed by atoms with van der Waals surface area (Å²) in [5, 5.41) is 2.75. The van der Waals surface area contributed by atoms with Crippen LogP contribution < -0.4 is 5.32 Å². The fraction of sp³-hybridized carbons (Fsp3) is 0.308. The molecule has 1 aromatic rings. The van der Waals surface area contributed by atoms with Gasteiger partial charge in [0.15, 0.2) is 5.76 Å². The molecule has 18 heavy (non-hydrogen) atoms. The second kappa shape index (κ2) is 5.95. The van der Waals surface area contributed by atoms with E-state index in [4.69, 9.17) is 4.42 Å². The molecule has 1 aliphatic rings. The number of carbonyl (C=O) groups excluding carboxylic acids is 1. The van der Waals surface area contributed by atoms with Gasteiger partial charge in [-0.1, -0.05) is 6.08 Å². The average molecular weight is 245 g/mol. The summed E-state index contributed by atoms with van der Waals surface area (Å²) in [4.78, 5) is 19.8. The highest BCUT2D eigenvalue weighted by atomic mass is 16.4. The molecule has 0 aliphatic carbocycles. The molecular weight excluding hydrogens is 230 g/mol. The zero-order chi connectivity index (χ0) is 12.8. The largest absolute Gasteiger partial charge is 0.450 e. The number of carbonyl (C=O) groups is 1. The lowest BCUT2D eigenvalue weighted by molar-refractivity contribution is 0.0927. The lowest BCUT2D eigenvalue weighted by Gasteiger charge is -1.99. The highest BCUT2D eigenvalue weighted by molar-refractivity contribution is 5.93. The second-order valence-corrected chi connectivity index (χ2v) is 3.79. The summed E-state index contributed by atoms with van der Waals surface area (Å²) in [7, 11) is 0. The van der Waals surface area contributed by atoms with Crippen molar-refractivity contribution in [1.29, 1.82) is 0 Å². The number of nitrogens with zero attached hydrogens (tertiary/aromatic N) is 2. The fourth-order valence-electron chi connectivity index (χ4n) is 1.62. The summed E-state index contributed by atoms with van der Waals surface area (Å²) in [6, 6.07) is 1.76. The van der Waals surface area contributed by atoms with Crippen molar-refractivity contribution in [2.24, 2.45) is 9.98 Å². The minimum Gasteiger partial charge on any atom is -0.450 e. The van der Waals surface area contributed by atoms with Crippen LogP contribution in [0.2, 0.25) is 0 Å². The van der Waals surface area contributed by atoms with Gasteiger partial charge in [-0.3, -0.25) is 14.8 Å². The van der Waals surface area contributed by atoms with Gasteiger partial charge in [-0.15, -0.1) is 0 Å². The molecular formula is C13H15N3O2. The number of allylic oxidation sites excluding steroid dienone is 1. The van der Waals surface area contributed by atoms with Gasteiger partial charge in [0.25, 0.3) is 5.91 Å². The van der Waals surface area contributed by atoms with Crippen molar-refractivity contribution in [2.75, 3.05) is 13.1 Å². The molecule has 1 aromatic heterocycles. The number of hydrogen-bond donors (Lipinski definition) is 1. The van der Waals surface area contributed by atoms with Gasteiger partial charge in [-0.2, -0.15) is 0 Å². The molecule has 1 amide bonds. The summed E-state index contributed by atoms with van der Waals surface area (Å²) in [6.45, 7) is 2.92. The van der Waals surface area contributed by atoms with Crippen molar-refractivity contribution >= 4 is 18.3 Å². The monoisotopic (exact) mass is 245 g/mol. The summed E-state index contributed by atoms with van der Waals surface area (Å²) in [5.74, 6) is 0.755. The Balaban J connectivity index is 1.99. The summed E-state index contributed by atoms with van der Waals surface area (Å²) < 4.78 is 5.47. The Morgan fingerprint density at radius 3 is 3.39 bits per heavy atom. The number of amides is 1. The first-order chi connectivity index (χ1) is 8.81. The van der Waals surface area contributed by atoms with Crippen molar-refractivity contribution in [1.82, 2.24) is 5.32 Å². The SMILES string of the molecule is CC=NCCNC(=O)c1cc2c(o1)C=NC=CC2. The van der Waals surface area contributed by atoms with Gasteiger partial charge in [0.2, 0.25) is 0 Å². The standard InChI is InChI=1S/C13H15N3O2/c1-2-14-6-7-16-13(17)11-8-10-4-3-5-15-9-12(10)18-11/h2-3,5,8-9H,4,6-7H2,1H3,(H,16,17). The van der Waals surface area contributed by atoms with Crippen molar-refractivity contribution in [3.63, 3.8) is 0 Å². The Bertz CT molecular complexity index is 512. The van der Waals surface area contributed by atoms with Gasteiger partial charge >= 0.3 is 0 Å². The van der Waals surface area contributed by atoms with E-state index in [2.05, 4.69) is 15.3 Å². The minimum atomic E-state index is -0.216. The predicted molar refractivity (Wildman–Crippen MR) is 70.5 cm³/mol. The first-order valence-corrected chi connectivity index (χ1v) is 5.85. The summed E-state index contributed by atoms with van der Waals surface area (Å²) in [5.41, 5.74) is 0.976. The lowest BCUT2D eigenvalue weighted by Crippen LogP contribution is -2.25. The van der Waals surface area contributed by atoms with Crippen LogP contribution in [-0.2, 0) is 6.42 Å². The Morgan fingerprint density at radius 1 is 1.67 bits per heavy atom. The molecule has 0 spiro atoms. The number of hydrogen-bond acceptors (Lipinski definition) is 4. The van der Waals surface area contributed by atoms with Crippen LogP contribution in [0.5, 0.6) is 0 Å². The third-order valence-corrected chi connectivity index (χ3v) is 2.50. The maximum absolute atomic E-state index is 11.8. The van der Waals surface area contributed by atoms with E-state index in [0.717, 1.165) is 12.0 Å². The van der Waals surface area contributed by atoms with E-state index in [-0.39, 0.29) is 5.91 Å². The van der Waals surface area contributed by atoms with Gasteiger partial charge in [-0.05, 0) is 25.6 Å². The molecule has 5 nitrogen and oxygen atoms in total. The zero-order valence-corrected chi connectivity index (χ0v) is 10.2. The molecule has 2 heterocycles. The molecule has 0 atom stereocenters. The summed E-state index contributed by atoms with van der Waals surface area (Å²) in [6.07, 6.45) is 7.71. The van der Waals surface area contributed by atoms with Crippen LogP contribution in [-0.4, -0.2) is 31.4 Å². The molecule has 1 N–H and O–H groups in total. The molecule has 5 heteroatoms. The predicted octanol–water partition coefficient (Wildman–Crippen LogP) is 1.59. The molecule has 0 unspecified atom stereocenters. The lowest BCUT2D eigenvalue weighted by atomic mass is 10.2. The second-order valence-electron chi connectivity index (χ2n) is 3.79. The first kappa shape index (κ1) is 12.3. The van der Waals surface area contributed by atoms with Crippen LogP contribution in [0.15, 0.2) is 32.7 Å². The topological polar surface area (TPSA) is 67.0 Å². The molecule has 0 fully saturated rings. The van der Waals surface area contributed by atoms with Gasteiger partial charge in [0.05, 0.1) is 12.8 Å². The van der Waals surface area contributed by atoms with Crippen LogP contribution >= 0.6 is 0 Å². The smallest absolute Gasteiger partial charge is 0.287 e. The molecule has 94 valence electrons. The van der Waals surface area contributed by atoms with E-state index in [1.165, 1.54) is 0 Å². The van der Waals surface area contributed by atoms with Gasteiger partial charge in [-0.25, -0.2) is 0 Å². The van der Waals surface area contributed by atoms with E-state index < -0.39 is 0 Å². The van der Waals surface area contributed by atoms with E-state index in [1.54, 1.807) is 24.7 Å². The molecule has 0 radical (unpaired) electrons. The minimum absolute atomic E-state index is 0.216. The van der Waals surface area contributed by atoms with Crippen molar-refractivity contribution in [3.8, 4) is 0 Å². The highest BCUT2D eigenvalue weighted by Gasteiger charge is 2.15. The van der Waals surface area contributed by atoms with Gasteiger partial charge in [0.1, 0.15) is 5.76 Å². The third kappa shape index (κ3) is 2.94. The van der Waals surface area contributed by atoms with Crippen molar-refractivity contribution in [3.05, 3.63) is 35.4 Å². The van der Waals surface area contributed by atoms with E-state index in [1.807, 2.05) is 13.0 Å². The van der Waals surface area contributed by atoms with E-state index in [0.29, 0.717) is 24.6 Å². The van der Waals surface area contributed by atoms with Crippen LogP contribution in [0.25, 0.3) is 0 Å². The molecule has 2 rings (SSSR count). The number of nitrogens with one attached hydrogen (secondary N) is 1. The first-order valence-electron chi connectivity index (χ1n) is 5.85. The number of furan rings is 1. The summed E-state index contributed by atoms with van der Waals surface area (Å²) >= 11 is 0. The quantitative estimate of drug-likeness (QED) is 0.646. The molecule has 0 bridgehead atoms. The van der Waals surface area contributed by atoms with Crippen LogP contribution in [0.3, 0.4) is 0 Å². The number of aliphatic imine (C=N–C) groups is 2. The van der Waals surface area contributed by atoms with E-state index >= 15 is 0 Å². The fourth-order valence-corrected chi connectivity index (χ4v) is 1.62. The average Bonchev–Trinajstić information content (AvgIpc) is 2.66. The normalized spacial score (nSPS) is 13.6. The number of fused-ring (bicyclic) bond motifs is 1. The maximum Gasteiger partial charge on any atom is 0.287 e. The van der Waals surface area contributed by atoms with Crippen molar-refractivity contribution < 1.29 is 9.21 Å². The molecule has 0 saturated carbocycles. The van der Waals surface area contributed by atoms with Gasteiger partial charge < -0.3 is 9.73 Å². The highest BCUT2D eigenvalue weighted by Crippen LogP contribution is 2.16. The third-order valence-electron chi connectivity index (χ3n) is 2.50. The Hall–Kier alpha value is -2.17. The molecule has 1 aliphatic heterocycles. The van der Waals surface area contributed by atoms with Crippen LogP contribution in [0.4, 0.5) is 0 Å². The Kier molecular flexibility index (Phi) is 4.06. The molecule has 0 aromatic carbocycles. The Labute approximate surface area is 105 Å². The zero-order valence-electron chi connectivity index (χ0n) is 10.2. The van der Waals surface area contributed by atoms with Crippen LogP contribution in [0, 0.1) is 0 Å². The number of rotatable bonds is 4. The van der Waals surface area contributed by atoms with Gasteiger partial charge in [0, 0.05) is 18.3 Å². The van der Waals surface area contributed by atoms with Crippen molar-refractivity contribution in [2.45, 2.75) is 13.3 Å². The van der Waals surface area contributed by atoms with E-state index in [9.17, 15) is 4.79 Å². The Morgan fingerprint density at radius 2 is 2.56 bits per heavy atom. The van der Waals surface area contributed by atoms with Crippen LogP contribution in [0.1, 0.15) is 28.8 Å². The molecule has 0 saturated heterocycles. The maximum atomic E-state index is 11.8.